The molecule has 6 heteroatoms. The van der Waals surface area contributed by atoms with Gasteiger partial charge in [-0.2, -0.15) is 0 Å². The lowest BCUT2D eigenvalue weighted by Gasteiger charge is -2.07. The van der Waals surface area contributed by atoms with E-state index in [2.05, 4.69) is 10.1 Å². The number of nitrogens with zero attached hydrogens (tertiary/aromatic N) is 2. The number of ether oxygens (including phenoxy) is 2. The molecule has 6 nitrogen and oxygen atoms in total. The summed E-state index contributed by atoms with van der Waals surface area (Å²) in [4.78, 5) is 16.2. The van der Waals surface area contributed by atoms with Crippen molar-refractivity contribution in [2.75, 3.05) is 14.2 Å². The highest BCUT2D eigenvalue weighted by atomic mass is 16.5. The molecule has 0 unspecified atom stereocenters. The van der Waals surface area contributed by atoms with Crippen LogP contribution in [0.4, 0.5) is 0 Å². The van der Waals surface area contributed by atoms with E-state index in [1.165, 1.54) is 10.7 Å². The zero-order valence-corrected chi connectivity index (χ0v) is 13.4. The van der Waals surface area contributed by atoms with Crippen molar-refractivity contribution < 1.29 is 9.47 Å². The lowest BCUT2D eigenvalue weighted by atomic mass is 10.2. The number of benzene rings is 1. The average molecular weight is 323 g/mol. The molecule has 0 fully saturated rings. The summed E-state index contributed by atoms with van der Waals surface area (Å²) in [5, 5.41) is 3.02. The second-order valence-corrected chi connectivity index (χ2v) is 5.02. The van der Waals surface area contributed by atoms with Crippen LogP contribution in [0, 0.1) is 0 Å². The highest BCUT2D eigenvalue weighted by molar-refractivity contribution is 5.69. The normalized spacial score (nSPS) is 10.9. The molecule has 0 saturated carbocycles. The number of aromatic amines is 1. The van der Waals surface area contributed by atoms with Gasteiger partial charge in [-0.1, -0.05) is 18.2 Å². The number of H-pyrrole nitrogens is 1. The van der Waals surface area contributed by atoms with E-state index in [0.29, 0.717) is 23.0 Å². The summed E-state index contributed by atoms with van der Waals surface area (Å²) in [5.74, 6) is 1.87. The molecular weight excluding hydrogens is 306 g/mol. The number of hydrogen-bond donors (Lipinski definition) is 1. The number of hydrogen-bond acceptors (Lipinski definition) is 4. The first-order chi connectivity index (χ1) is 11.7. The van der Waals surface area contributed by atoms with Crippen LogP contribution in [0.3, 0.4) is 0 Å². The highest BCUT2D eigenvalue weighted by Gasteiger charge is 2.05. The molecule has 0 radical (unpaired) electrons. The summed E-state index contributed by atoms with van der Waals surface area (Å²) in [5.41, 5.74) is 1.44. The molecule has 0 saturated heterocycles. The van der Waals surface area contributed by atoms with Crippen molar-refractivity contribution in [2.24, 2.45) is 0 Å². The third kappa shape index (κ3) is 3.22. The van der Waals surface area contributed by atoms with Crippen molar-refractivity contribution in [3.8, 4) is 17.3 Å². The van der Waals surface area contributed by atoms with Gasteiger partial charge in [0.15, 0.2) is 17.3 Å². The summed E-state index contributed by atoms with van der Waals surface area (Å²) in [7, 11) is 3.19. The van der Waals surface area contributed by atoms with Gasteiger partial charge in [-0.15, -0.1) is 0 Å². The quantitative estimate of drug-likeness (QED) is 0.784. The standard InChI is InChI=1S/C18H17N3O3/c1-23-15-9-7-13(11-16(15)24-2)6-8-14-12-18(22)21(20-14)17-5-3-4-10-19-17/h3-12,20H,1-2H3/b8-6+. The lowest BCUT2D eigenvalue weighted by molar-refractivity contribution is 0.355. The van der Waals surface area contributed by atoms with Crippen LogP contribution in [0.2, 0.25) is 0 Å². The molecular formula is C18H17N3O3. The largest absolute Gasteiger partial charge is 0.493 e. The first-order valence-electron chi connectivity index (χ1n) is 7.35. The van der Waals surface area contributed by atoms with Crippen LogP contribution in [0.25, 0.3) is 18.0 Å². The van der Waals surface area contributed by atoms with Crippen molar-refractivity contribution in [3.63, 3.8) is 0 Å². The van der Waals surface area contributed by atoms with Gasteiger partial charge in [-0.25, -0.2) is 9.67 Å². The molecule has 0 aliphatic heterocycles. The fraction of sp³-hybridized carbons (Fsp3) is 0.111. The minimum Gasteiger partial charge on any atom is -0.493 e. The maximum atomic E-state index is 12.1. The Labute approximate surface area is 139 Å². The maximum Gasteiger partial charge on any atom is 0.273 e. The van der Waals surface area contributed by atoms with Crippen LogP contribution >= 0.6 is 0 Å². The molecule has 3 rings (SSSR count). The zero-order valence-electron chi connectivity index (χ0n) is 13.4. The number of aromatic nitrogens is 3. The predicted molar refractivity (Wildman–Crippen MR) is 92.7 cm³/mol. The van der Waals surface area contributed by atoms with Crippen molar-refractivity contribution in [1.82, 2.24) is 14.8 Å². The Morgan fingerprint density at radius 3 is 2.58 bits per heavy atom. The van der Waals surface area contributed by atoms with Gasteiger partial charge >= 0.3 is 0 Å². The minimum atomic E-state index is -0.166. The molecule has 24 heavy (non-hydrogen) atoms. The van der Waals surface area contributed by atoms with Gasteiger partial charge in [0.2, 0.25) is 0 Å². The molecule has 1 aromatic carbocycles. The monoisotopic (exact) mass is 323 g/mol. The van der Waals surface area contributed by atoms with Gasteiger partial charge in [-0.05, 0) is 35.9 Å². The average Bonchev–Trinajstić information content (AvgIpc) is 3.01. The molecule has 0 aliphatic carbocycles. The van der Waals surface area contributed by atoms with Crippen LogP contribution in [-0.4, -0.2) is 29.0 Å². The van der Waals surface area contributed by atoms with E-state index in [9.17, 15) is 4.79 Å². The van der Waals surface area contributed by atoms with Crippen LogP contribution in [-0.2, 0) is 0 Å². The second kappa shape index (κ2) is 6.87. The van der Waals surface area contributed by atoms with Crippen molar-refractivity contribution in [2.45, 2.75) is 0 Å². The second-order valence-electron chi connectivity index (χ2n) is 5.02. The van der Waals surface area contributed by atoms with Crippen molar-refractivity contribution >= 4 is 12.2 Å². The molecule has 1 N–H and O–H groups in total. The first kappa shape index (κ1) is 15.6. The van der Waals surface area contributed by atoms with Crippen LogP contribution < -0.4 is 15.0 Å². The van der Waals surface area contributed by atoms with E-state index >= 15 is 0 Å². The summed E-state index contributed by atoms with van der Waals surface area (Å²) >= 11 is 0. The molecule has 3 aromatic rings. The molecule has 2 heterocycles. The summed E-state index contributed by atoms with van der Waals surface area (Å²) < 4.78 is 11.9. The molecule has 122 valence electrons. The van der Waals surface area contributed by atoms with Gasteiger partial charge < -0.3 is 9.47 Å². The van der Waals surface area contributed by atoms with Gasteiger partial charge in [0.05, 0.1) is 19.9 Å². The Morgan fingerprint density at radius 1 is 1.04 bits per heavy atom. The van der Waals surface area contributed by atoms with E-state index in [1.54, 1.807) is 32.5 Å². The smallest absolute Gasteiger partial charge is 0.273 e. The number of nitrogens with one attached hydrogen (secondary N) is 1. The predicted octanol–water partition coefficient (Wildman–Crippen LogP) is 2.75. The summed E-state index contributed by atoms with van der Waals surface area (Å²) in [6, 6.07) is 12.5. The SMILES string of the molecule is COc1ccc(/C=C/c2cc(=O)n(-c3ccccn3)[nH]2)cc1OC. The van der Waals surface area contributed by atoms with Gasteiger partial charge in [-0.3, -0.25) is 9.89 Å². The zero-order chi connectivity index (χ0) is 16.9. The van der Waals surface area contributed by atoms with Crippen molar-refractivity contribution in [3.05, 3.63) is 70.3 Å². The van der Waals surface area contributed by atoms with Crippen LogP contribution in [0.5, 0.6) is 11.5 Å². The Bertz CT molecular complexity index is 911. The topological polar surface area (TPSA) is 69.1 Å². The summed E-state index contributed by atoms with van der Waals surface area (Å²) in [6.45, 7) is 0. The molecule has 2 aromatic heterocycles. The fourth-order valence-corrected chi connectivity index (χ4v) is 2.30. The Balaban J connectivity index is 1.87. The molecule has 0 atom stereocenters. The third-order valence-corrected chi connectivity index (χ3v) is 3.48. The third-order valence-electron chi connectivity index (χ3n) is 3.48. The number of pyridine rings is 1. The van der Waals surface area contributed by atoms with Gasteiger partial charge in [0.25, 0.3) is 5.56 Å². The van der Waals surface area contributed by atoms with E-state index in [-0.39, 0.29) is 5.56 Å². The van der Waals surface area contributed by atoms with E-state index in [0.717, 1.165) is 5.56 Å². The van der Waals surface area contributed by atoms with Crippen molar-refractivity contribution in [1.29, 1.82) is 0 Å². The number of methoxy groups -OCH3 is 2. The van der Waals surface area contributed by atoms with E-state index in [4.69, 9.17) is 9.47 Å². The minimum absolute atomic E-state index is 0.166. The Hall–Kier alpha value is -3.28. The maximum absolute atomic E-state index is 12.1. The highest BCUT2D eigenvalue weighted by Crippen LogP contribution is 2.28. The van der Waals surface area contributed by atoms with E-state index in [1.807, 2.05) is 36.4 Å². The Kier molecular flexibility index (Phi) is 4.47. The van der Waals surface area contributed by atoms with Gasteiger partial charge in [0, 0.05) is 12.3 Å². The van der Waals surface area contributed by atoms with Crippen LogP contribution in [0.15, 0.2) is 53.5 Å². The first-order valence-corrected chi connectivity index (χ1v) is 7.35. The van der Waals surface area contributed by atoms with E-state index < -0.39 is 0 Å². The fourth-order valence-electron chi connectivity index (χ4n) is 2.30. The number of rotatable bonds is 5. The molecule has 0 amide bonds. The molecule has 0 spiro atoms. The van der Waals surface area contributed by atoms with Gasteiger partial charge in [0.1, 0.15) is 0 Å². The van der Waals surface area contributed by atoms with Crippen LogP contribution in [0.1, 0.15) is 11.3 Å². The lowest BCUT2D eigenvalue weighted by Crippen LogP contribution is -2.14. The molecule has 0 bridgehead atoms. The summed E-state index contributed by atoms with van der Waals surface area (Å²) in [6.07, 6.45) is 5.35. The molecule has 0 aliphatic rings. The Morgan fingerprint density at radius 2 is 1.88 bits per heavy atom.